The van der Waals surface area contributed by atoms with Crippen LogP contribution in [0.2, 0.25) is 0 Å². The minimum Gasteiger partial charge on any atom is -0.368 e. The molecule has 2 aromatic rings. The van der Waals surface area contributed by atoms with Gasteiger partial charge in [-0.05, 0) is 23.9 Å². The van der Waals surface area contributed by atoms with Gasteiger partial charge in [0.1, 0.15) is 0 Å². The maximum Gasteiger partial charge on any atom is 0.246 e. The molecular weight excluding hydrogens is 193 g/mol. The lowest BCUT2D eigenvalue weighted by atomic mass is 10.1. The van der Waals surface area contributed by atoms with Crippen LogP contribution in [0.5, 0.6) is 0 Å². The molecule has 0 spiro atoms. The number of pyridine rings is 1. The van der Waals surface area contributed by atoms with Crippen LogP contribution in [0.3, 0.4) is 0 Å². The number of aromatic nitrogens is 1. The maximum atomic E-state index is 11.7. The predicted molar refractivity (Wildman–Crippen MR) is 61.2 cm³/mol. The zero-order valence-electron chi connectivity index (χ0n) is 7.99. The van der Waals surface area contributed by atoms with Crippen molar-refractivity contribution in [1.29, 1.82) is 0 Å². The number of hydrogen-bond donors (Lipinski definition) is 0. The highest BCUT2D eigenvalue weighted by molar-refractivity contribution is 7.17. The number of aryl methyl sites for hydroxylation is 1. The molecule has 0 aliphatic rings. The average Bonchev–Trinajstić information content (AvgIpc) is 2.62. The van der Waals surface area contributed by atoms with Gasteiger partial charge in [-0.3, -0.25) is 4.79 Å². The summed E-state index contributed by atoms with van der Waals surface area (Å²) in [4.78, 5) is 11.7. The van der Waals surface area contributed by atoms with Crippen molar-refractivity contribution in [2.24, 2.45) is 0 Å². The highest BCUT2D eigenvalue weighted by Gasteiger charge is 2.05. The zero-order valence-corrected chi connectivity index (χ0v) is 8.80. The van der Waals surface area contributed by atoms with Crippen LogP contribution in [-0.2, 0) is 6.42 Å². The van der Waals surface area contributed by atoms with E-state index in [2.05, 4.69) is 6.92 Å². The van der Waals surface area contributed by atoms with Crippen LogP contribution in [0.1, 0.15) is 19.0 Å². The molecule has 0 unspecified atom stereocenters. The average molecular weight is 203 g/mol. The summed E-state index contributed by atoms with van der Waals surface area (Å²) in [6.45, 7) is 2.07. The van der Waals surface area contributed by atoms with Gasteiger partial charge in [-0.1, -0.05) is 13.3 Å². The van der Waals surface area contributed by atoms with Gasteiger partial charge in [0.25, 0.3) is 0 Å². The first kappa shape index (κ1) is 9.53. The number of hydrogen-bond acceptors (Lipinski definition) is 2. The van der Waals surface area contributed by atoms with Crippen LogP contribution < -0.4 is 5.56 Å². The Hall–Kier alpha value is -1.03. The van der Waals surface area contributed by atoms with Crippen LogP contribution in [0.25, 0.3) is 10.1 Å². The first-order chi connectivity index (χ1) is 6.74. The third kappa shape index (κ3) is 1.40. The fraction of sp³-hybridized carbons (Fsp3) is 0.300. The van der Waals surface area contributed by atoms with Gasteiger partial charge < -0.3 is 4.48 Å². The quantitative estimate of drug-likeness (QED) is 0.683. The van der Waals surface area contributed by atoms with Crippen LogP contribution in [0, 0.1) is 0 Å². The Bertz CT molecular complexity index is 514. The van der Waals surface area contributed by atoms with E-state index >= 15 is 0 Å². The summed E-state index contributed by atoms with van der Waals surface area (Å²) < 4.78 is 2.29. The third-order valence-corrected chi connectivity index (χ3v) is 3.12. The topological polar surface area (TPSA) is 22.0 Å². The Labute approximate surface area is 87.6 Å². The molecule has 0 N–H and O–H groups in total. The third-order valence-electron chi connectivity index (χ3n) is 2.26. The summed E-state index contributed by atoms with van der Waals surface area (Å²) in [6, 6.07) is 3.83. The Morgan fingerprint density at radius 3 is 3.07 bits per heavy atom. The normalized spacial score (nSPS) is 10.9. The van der Waals surface area contributed by atoms with Crippen molar-refractivity contribution in [3.63, 3.8) is 0 Å². The molecule has 0 bridgehead atoms. The SMILES string of the molecule is [B]n1c(CCC)cc2sccc2c1=O. The van der Waals surface area contributed by atoms with Crippen molar-refractivity contribution in [2.45, 2.75) is 19.8 Å². The number of rotatable bonds is 2. The molecule has 0 aliphatic carbocycles. The second-order valence-electron chi connectivity index (χ2n) is 3.26. The molecule has 2 heterocycles. The van der Waals surface area contributed by atoms with Crippen molar-refractivity contribution in [1.82, 2.24) is 4.48 Å². The molecular formula is C10H10BNOS. The van der Waals surface area contributed by atoms with Gasteiger partial charge >= 0.3 is 0 Å². The Morgan fingerprint density at radius 2 is 2.36 bits per heavy atom. The molecule has 14 heavy (non-hydrogen) atoms. The van der Waals surface area contributed by atoms with Gasteiger partial charge in [0, 0.05) is 10.4 Å². The molecule has 0 fully saturated rings. The molecule has 4 heteroatoms. The van der Waals surface area contributed by atoms with Crippen molar-refractivity contribution >= 4 is 29.4 Å². The number of thiophene rings is 1. The lowest BCUT2D eigenvalue weighted by molar-refractivity contribution is 0.856. The van der Waals surface area contributed by atoms with Crippen LogP contribution >= 0.6 is 11.3 Å². The van der Waals surface area contributed by atoms with Gasteiger partial charge in [-0.15, -0.1) is 11.3 Å². The summed E-state index contributed by atoms with van der Waals surface area (Å²) in [5.74, 6) is 0. The first-order valence-electron chi connectivity index (χ1n) is 4.61. The first-order valence-corrected chi connectivity index (χ1v) is 5.49. The largest absolute Gasteiger partial charge is 0.368 e. The Morgan fingerprint density at radius 1 is 1.57 bits per heavy atom. The molecule has 0 saturated heterocycles. The van der Waals surface area contributed by atoms with E-state index in [4.69, 9.17) is 7.98 Å². The van der Waals surface area contributed by atoms with Gasteiger partial charge in [0.2, 0.25) is 13.5 Å². The molecule has 0 atom stereocenters. The molecule has 0 saturated carbocycles. The molecule has 0 aliphatic heterocycles. The minimum absolute atomic E-state index is 0.0906. The van der Waals surface area contributed by atoms with E-state index in [0.717, 1.165) is 28.6 Å². The molecule has 2 radical (unpaired) electrons. The maximum absolute atomic E-state index is 11.7. The van der Waals surface area contributed by atoms with E-state index in [0.29, 0.717) is 0 Å². The molecule has 2 rings (SSSR count). The Kier molecular flexibility index (Phi) is 2.46. The van der Waals surface area contributed by atoms with Crippen LogP contribution in [0.4, 0.5) is 0 Å². The highest BCUT2D eigenvalue weighted by Crippen LogP contribution is 2.18. The lowest BCUT2D eigenvalue weighted by Gasteiger charge is -2.07. The zero-order chi connectivity index (χ0) is 10.1. The van der Waals surface area contributed by atoms with Crippen molar-refractivity contribution < 1.29 is 0 Å². The van der Waals surface area contributed by atoms with E-state index in [1.165, 1.54) is 4.48 Å². The molecule has 2 nitrogen and oxygen atoms in total. The summed E-state index contributed by atoms with van der Waals surface area (Å²) >= 11 is 1.58. The molecule has 70 valence electrons. The van der Waals surface area contributed by atoms with Crippen LogP contribution in [-0.4, -0.2) is 12.5 Å². The predicted octanol–water partition coefficient (Wildman–Crippen LogP) is 1.95. The Balaban J connectivity index is 2.74. The monoisotopic (exact) mass is 203 g/mol. The van der Waals surface area contributed by atoms with E-state index in [9.17, 15) is 4.79 Å². The second-order valence-corrected chi connectivity index (χ2v) is 4.21. The van der Waals surface area contributed by atoms with Crippen molar-refractivity contribution in [3.05, 3.63) is 33.6 Å². The van der Waals surface area contributed by atoms with Crippen LogP contribution in [0.15, 0.2) is 22.3 Å². The summed E-state index contributed by atoms with van der Waals surface area (Å²) in [5, 5.41) is 2.64. The summed E-state index contributed by atoms with van der Waals surface area (Å²) in [6.07, 6.45) is 1.84. The van der Waals surface area contributed by atoms with Gasteiger partial charge in [0.15, 0.2) is 0 Å². The standard InChI is InChI=1S/C10H10BNOS/c1-2-3-7-6-9-8(4-5-14-9)10(13)12(7)11/h4-6H,2-3H2,1H3. The van der Waals surface area contributed by atoms with Gasteiger partial charge in [0.05, 0.1) is 5.39 Å². The summed E-state index contributed by atoms with van der Waals surface area (Å²) in [7, 11) is 5.70. The number of nitrogens with zero attached hydrogens (tertiary/aromatic N) is 1. The van der Waals surface area contributed by atoms with Crippen molar-refractivity contribution in [2.75, 3.05) is 0 Å². The van der Waals surface area contributed by atoms with E-state index in [1.807, 2.05) is 17.5 Å². The van der Waals surface area contributed by atoms with E-state index < -0.39 is 0 Å². The van der Waals surface area contributed by atoms with Crippen molar-refractivity contribution in [3.8, 4) is 0 Å². The second kappa shape index (κ2) is 3.61. The smallest absolute Gasteiger partial charge is 0.246 e. The highest BCUT2D eigenvalue weighted by atomic mass is 32.1. The summed E-state index contributed by atoms with van der Waals surface area (Å²) in [5.41, 5.74) is 0.819. The minimum atomic E-state index is -0.0906. The molecule has 0 amide bonds. The van der Waals surface area contributed by atoms with E-state index in [-0.39, 0.29) is 5.56 Å². The van der Waals surface area contributed by atoms with Gasteiger partial charge in [-0.25, -0.2) is 0 Å². The fourth-order valence-electron chi connectivity index (χ4n) is 1.54. The van der Waals surface area contributed by atoms with E-state index in [1.54, 1.807) is 11.3 Å². The molecule has 2 aromatic heterocycles. The lowest BCUT2D eigenvalue weighted by Crippen LogP contribution is -2.21. The van der Waals surface area contributed by atoms with Gasteiger partial charge in [-0.2, -0.15) is 0 Å². The molecule has 0 aromatic carbocycles. The fourth-order valence-corrected chi connectivity index (χ4v) is 2.38. The number of fused-ring (bicyclic) bond motifs is 1.